The van der Waals surface area contributed by atoms with Gasteiger partial charge in [0.1, 0.15) is 37.9 Å². The lowest BCUT2D eigenvalue weighted by atomic mass is 9.89. The standard InChI is InChI=1S/C23H34F6O11.C15H27F3O3/c1-8-17(2,3)13(30)37-9-20(10-38-14(31)18(4,5)34,11-39-15(32)19(6,7)35)12-40-16(33)21(36,22(24,25)26)23(27,28)29;1-7-13(4,5)12(19)21-11(8-10(2)3)9-14(6,20)15(16,17)18/h34-36H,8-12H2,1-7H3;10-11,20H,7-9H2,1-6H3. The molecule has 0 fully saturated rings. The molecule has 0 spiro atoms. The van der Waals surface area contributed by atoms with Crippen LogP contribution in [0.1, 0.15) is 116 Å². The van der Waals surface area contributed by atoms with Crippen LogP contribution in [0.4, 0.5) is 39.5 Å². The second kappa shape index (κ2) is 21.3. The zero-order valence-electron chi connectivity index (χ0n) is 36.6. The molecule has 360 valence electrons. The Kier molecular flexibility index (Phi) is 20.8. The van der Waals surface area contributed by atoms with E-state index in [2.05, 4.69) is 4.74 Å². The monoisotopic (exact) mass is 912 g/mol. The highest BCUT2D eigenvalue weighted by molar-refractivity contribution is 5.82. The molecular formula is C38H61F9O14. The van der Waals surface area contributed by atoms with Crippen LogP contribution in [0.5, 0.6) is 0 Å². The molecule has 0 radical (unpaired) electrons. The van der Waals surface area contributed by atoms with Gasteiger partial charge in [0, 0.05) is 6.42 Å². The van der Waals surface area contributed by atoms with Gasteiger partial charge in [-0.1, -0.05) is 27.7 Å². The fraction of sp³-hybridized carbons (Fsp3) is 0.868. The van der Waals surface area contributed by atoms with Crippen molar-refractivity contribution >= 4 is 29.8 Å². The first kappa shape index (κ1) is 59.7. The third-order valence-corrected chi connectivity index (χ3v) is 9.27. The summed E-state index contributed by atoms with van der Waals surface area (Å²) in [6.45, 7) is 12.8. The lowest BCUT2D eigenvalue weighted by molar-refractivity contribution is -0.357. The van der Waals surface area contributed by atoms with E-state index in [0.717, 1.165) is 27.7 Å². The minimum atomic E-state index is -6.59. The van der Waals surface area contributed by atoms with E-state index in [9.17, 15) is 83.9 Å². The van der Waals surface area contributed by atoms with Crippen molar-refractivity contribution in [1.29, 1.82) is 0 Å². The normalized spacial score (nSPS) is 15.1. The van der Waals surface area contributed by atoms with Gasteiger partial charge >= 0.3 is 54.0 Å². The molecule has 0 aromatic rings. The van der Waals surface area contributed by atoms with Crippen LogP contribution in [0.2, 0.25) is 0 Å². The van der Waals surface area contributed by atoms with Gasteiger partial charge in [0.25, 0.3) is 0 Å². The average molecular weight is 913 g/mol. The number of aliphatic hydroxyl groups is 4. The smallest absolute Gasteiger partial charge is 0.437 e. The van der Waals surface area contributed by atoms with E-state index in [0.29, 0.717) is 13.3 Å². The van der Waals surface area contributed by atoms with Crippen LogP contribution in [-0.2, 0) is 47.7 Å². The molecule has 4 N–H and O–H groups in total. The molecule has 23 heteroatoms. The number of rotatable bonds is 20. The molecule has 0 aromatic carbocycles. The summed E-state index contributed by atoms with van der Waals surface area (Å²) in [6, 6.07) is 0. The Morgan fingerprint density at radius 3 is 1.08 bits per heavy atom. The van der Waals surface area contributed by atoms with Gasteiger partial charge in [-0.25, -0.2) is 14.4 Å². The Hall–Kier alpha value is -3.44. The van der Waals surface area contributed by atoms with E-state index in [1.54, 1.807) is 20.8 Å². The van der Waals surface area contributed by atoms with Crippen LogP contribution in [0.3, 0.4) is 0 Å². The maximum atomic E-state index is 13.1. The van der Waals surface area contributed by atoms with Crippen molar-refractivity contribution in [2.24, 2.45) is 22.2 Å². The average Bonchev–Trinajstić information content (AvgIpc) is 3.07. The number of esters is 5. The summed E-state index contributed by atoms with van der Waals surface area (Å²) < 4.78 is 141. The van der Waals surface area contributed by atoms with E-state index >= 15 is 0 Å². The van der Waals surface area contributed by atoms with E-state index < -0.39 is 126 Å². The van der Waals surface area contributed by atoms with Gasteiger partial charge in [-0.15, -0.1) is 0 Å². The number of carbonyl (C=O) groups is 5. The second-order valence-corrected chi connectivity index (χ2v) is 17.7. The fourth-order valence-electron chi connectivity index (χ4n) is 4.03. The van der Waals surface area contributed by atoms with Crippen molar-refractivity contribution in [2.45, 2.75) is 163 Å². The molecule has 61 heavy (non-hydrogen) atoms. The highest BCUT2D eigenvalue weighted by Crippen LogP contribution is 2.44. The first-order chi connectivity index (χ1) is 26.8. The van der Waals surface area contributed by atoms with Gasteiger partial charge in [0.05, 0.1) is 10.8 Å². The molecule has 0 saturated heterocycles. The minimum absolute atomic E-state index is 0.0524. The third kappa shape index (κ3) is 18.1. The maximum absolute atomic E-state index is 13.1. The molecule has 0 rings (SSSR count). The number of ether oxygens (including phenoxy) is 5. The van der Waals surface area contributed by atoms with E-state index in [1.807, 2.05) is 20.8 Å². The Morgan fingerprint density at radius 1 is 0.492 bits per heavy atom. The highest BCUT2D eigenvalue weighted by Gasteiger charge is 2.77. The van der Waals surface area contributed by atoms with Crippen molar-refractivity contribution in [1.82, 2.24) is 0 Å². The molecule has 14 nitrogen and oxygen atoms in total. The predicted molar refractivity (Wildman–Crippen MR) is 195 cm³/mol. The number of hydrogen-bond donors (Lipinski definition) is 4. The molecule has 0 heterocycles. The molecule has 2 unspecified atom stereocenters. The first-order valence-electron chi connectivity index (χ1n) is 18.8. The van der Waals surface area contributed by atoms with E-state index in [-0.39, 0.29) is 18.8 Å². The summed E-state index contributed by atoms with van der Waals surface area (Å²) in [7, 11) is 0. The molecule has 0 aromatic heterocycles. The zero-order valence-corrected chi connectivity index (χ0v) is 36.6. The lowest BCUT2D eigenvalue weighted by Gasteiger charge is -2.35. The minimum Gasteiger partial charge on any atom is -0.464 e. The number of alkyl halides is 9. The van der Waals surface area contributed by atoms with Crippen LogP contribution in [-0.4, -0.2) is 124 Å². The molecule has 0 aliphatic carbocycles. The number of halogens is 9. The summed E-state index contributed by atoms with van der Waals surface area (Å²) >= 11 is 0. The lowest BCUT2D eigenvalue weighted by Crippen LogP contribution is -2.63. The summed E-state index contributed by atoms with van der Waals surface area (Å²) in [5, 5.41) is 38.5. The van der Waals surface area contributed by atoms with Gasteiger partial charge in [-0.2, -0.15) is 39.5 Å². The van der Waals surface area contributed by atoms with Crippen molar-refractivity contribution in [3.63, 3.8) is 0 Å². The summed E-state index contributed by atoms with van der Waals surface area (Å²) in [5.74, 6) is -7.46. The predicted octanol–water partition coefficient (Wildman–Crippen LogP) is 6.06. The van der Waals surface area contributed by atoms with Gasteiger partial charge in [0.15, 0.2) is 16.8 Å². The molecule has 0 aliphatic heterocycles. The molecule has 0 aliphatic rings. The van der Waals surface area contributed by atoms with Crippen molar-refractivity contribution < 1.29 is 108 Å². The van der Waals surface area contributed by atoms with Crippen LogP contribution >= 0.6 is 0 Å². The van der Waals surface area contributed by atoms with Gasteiger partial charge < -0.3 is 44.1 Å². The topological polar surface area (TPSA) is 212 Å². The highest BCUT2D eigenvalue weighted by atomic mass is 19.4. The number of hydrogen-bond acceptors (Lipinski definition) is 14. The third-order valence-electron chi connectivity index (χ3n) is 9.27. The maximum Gasteiger partial charge on any atom is 0.437 e. The van der Waals surface area contributed by atoms with Gasteiger partial charge in [0.2, 0.25) is 0 Å². The van der Waals surface area contributed by atoms with Crippen LogP contribution in [0.15, 0.2) is 0 Å². The van der Waals surface area contributed by atoms with Crippen LogP contribution in [0.25, 0.3) is 0 Å². The van der Waals surface area contributed by atoms with E-state index in [1.165, 1.54) is 13.8 Å². The number of carbonyl (C=O) groups excluding carboxylic acids is 5. The van der Waals surface area contributed by atoms with Crippen molar-refractivity contribution in [3.05, 3.63) is 0 Å². The molecule has 0 bridgehead atoms. The largest absolute Gasteiger partial charge is 0.464 e. The van der Waals surface area contributed by atoms with Crippen LogP contribution < -0.4 is 0 Å². The van der Waals surface area contributed by atoms with Crippen molar-refractivity contribution in [2.75, 3.05) is 26.4 Å². The van der Waals surface area contributed by atoms with Gasteiger partial charge in [-0.3, -0.25) is 9.59 Å². The SMILES string of the molecule is CCC(C)(C)C(=O)OC(CC(C)C)CC(C)(O)C(F)(F)F.CCC(C)(C)C(=O)OCC(COC(=O)C(C)(C)O)(COC(=O)C(C)(C)O)COC(=O)C(O)(C(F)(F)F)C(F)(F)F. The van der Waals surface area contributed by atoms with Gasteiger partial charge in [-0.05, 0) is 87.5 Å². The van der Waals surface area contributed by atoms with Crippen LogP contribution in [0, 0.1) is 22.2 Å². The van der Waals surface area contributed by atoms with E-state index in [4.69, 9.17) is 18.9 Å². The molecule has 0 amide bonds. The Labute approximate surface area is 348 Å². The fourth-order valence-corrected chi connectivity index (χ4v) is 4.03. The summed E-state index contributed by atoms with van der Waals surface area (Å²) in [6.07, 6.45) is -18.6. The summed E-state index contributed by atoms with van der Waals surface area (Å²) in [5.41, 5.74) is -17.5. The Bertz CT molecular complexity index is 1430. The second-order valence-electron chi connectivity index (χ2n) is 17.7. The summed E-state index contributed by atoms with van der Waals surface area (Å²) in [4.78, 5) is 60.9. The molecular weight excluding hydrogens is 851 g/mol. The first-order valence-corrected chi connectivity index (χ1v) is 18.8. The van der Waals surface area contributed by atoms with Crippen molar-refractivity contribution in [3.8, 4) is 0 Å². The zero-order chi connectivity index (χ0) is 49.2. The quantitative estimate of drug-likeness (QED) is 0.0621. The Balaban J connectivity index is 0. The Morgan fingerprint density at radius 2 is 0.803 bits per heavy atom. The molecule has 0 saturated carbocycles. The molecule has 2 atom stereocenters.